The van der Waals surface area contributed by atoms with E-state index in [-0.39, 0.29) is 11.5 Å². The first-order valence-corrected chi connectivity index (χ1v) is 5.95. The van der Waals surface area contributed by atoms with Gasteiger partial charge in [0, 0.05) is 12.6 Å². The van der Waals surface area contributed by atoms with Gasteiger partial charge in [0.25, 0.3) is 0 Å². The van der Waals surface area contributed by atoms with E-state index in [2.05, 4.69) is 11.8 Å². The lowest BCUT2D eigenvalue weighted by molar-refractivity contribution is 0.152. The number of halogens is 1. The molecule has 0 spiro atoms. The van der Waals surface area contributed by atoms with Gasteiger partial charge in [-0.1, -0.05) is 12.5 Å². The van der Waals surface area contributed by atoms with Gasteiger partial charge in [0.2, 0.25) is 0 Å². The molecule has 16 heavy (non-hydrogen) atoms. The molecule has 1 aliphatic rings. The molecule has 0 radical (unpaired) electrons. The average molecular weight is 222 g/mol. The van der Waals surface area contributed by atoms with E-state index in [0.717, 1.165) is 18.7 Å². The van der Waals surface area contributed by atoms with Gasteiger partial charge in [-0.15, -0.1) is 0 Å². The molecular weight excluding hydrogens is 203 g/mol. The Morgan fingerprint density at radius 2 is 2.25 bits per heavy atom. The average Bonchev–Trinajstić information content (AvgIpc) is 2.27. The highest BCUT2D eigenvalue weighted by atomic mass is 19.1. The topological polar surface area (TPSA) is 29.3 Å². The van der Waals surface area contributed by atoms with Gasteiger partial charge < -0.3 is 5.73 Å². The summed E-state index contributed by atoms with van der Waals surface area (Å²) in [6.07, 6.45) is 3.81. The summed E-state index contributed by atoms with van der Waals surface area (Å²) in [5.74, 6) is -0.304. The highest BCUT2D eigenvalue weighted by molar-refractivity contribution is 5.41. The molecule has 1 unspecified atom stereocenters. The van der Waals surface area contributed by atoms with E-state index < -0.39 is 0 Å². The fraction of sp³-hybridized carbons (Fsp3) is 0.538. The van der Waals surface area contributed by atoms with E-state index in [9.17, 15) is 4.39 Å². The molecule has 1 aromatic rings. The van der Waals surface area contributed by atoms with Crippen LogP contribution in [0.3, 0.4) is 0 Å². The first-order valence-electron chi connectivity index (χ1n) is 5.95. The summed E-state index contributed by atoms with van der Waals surface area (Å²) in [5.41, 5.74) is 6.71. The Hall–Kier alpha value is -1.09. The minimum Gasteiger partial charge on any atom is -0.396 e. The van der Waals surface area contributed by atoms with E-state index >= 15 is 0 Å². The minimum atomic E-state index is -0.304. The zero-order valence-electron chi connectivity index (χ0n) is 9.75. The highest BCUT2D eigenvalue weighted by Gasteiger charge is 2.18. The predicted octanol–water partition coefficient (Wildman–Crippen LogP) is 2.78. The van der Waals surface area contributed by atoms with Crippen LogP contribution in [-0.2, 0) is 6.54 Å². The SMILES string of the molecule is CC1CCCCN1Cc1ccc(N)c(F)c1. The second-order valence-electron chi connectivity index (χ2n) is 4.67. The zero-order valence-corrected chi connectivity index (χ0v) is 9.75. The Bertz CT molecular complexity index is 365. The number of anilines is 1. The Kier molecular flexibility index (Phi) is 3.44. The van der Waals surface area contributed by atoms with Gasteiger partial charge in [-0.2, -0.15) is 0 Å². The van der Waals surface area contributed by atoms with Crippen LogP contribution in [0.15, 0.2) is 18.2 Å². The number of rotatable bonds is 2. The fourth-order valence-corrected chi connectivity index (χ4v) is 2.30. The van der Waals surface area contributed by atoms with E-state index in [0.29, 0.717) is 6.04 Å². The summed E-state index contributed by atoms with van der Waals surface area (Å²) in [6, 6.07) is 5.73. The van der Waals surface area contributed by atoms with Gasteiger partial charge in [0.1, 0.15) is 5.82 Å². The maximum absolute atomic E-state index is 13.3. The number of benzene rings is 1. The molecule has 1 aromatic carbocycles. The van der Waals surface area contributed by atoms with Crippen molar-refractivity contribution in [2.45, 2.75) is 38.8 Å². The van der Waals surface area contributed by atoms with Crippen LogP contribution in [0.1, 0.15) is 31.7 Å². The molecule has 2 nitrogen and oxygen atoms in total. The van der Waals surface area contributed by atoms with Crippen molar-refractivity contribution < 1.29 is 4.39 Å². The Balaban J connectivity index is 2.05. The van der Waals surface area contributed by atoms with Crippen LogP contribution in [0.4, 0.5) is 10.1 Å². The zero-order chi connectivity index (χ0) is 11.5. The number of nitrogen functional groups attached to an aromatic ring is 1. The maximum Gasteiger partial charge on any atom is 0.146 e. The molecule has 2 N–H and O–H groups in total. The Labute approximate surface area is 96.2 Å². The van der Waals surface area contributed by atoms with Crippen LogP contribution in [0.25, 0.3) is 0 Å². The van der Waals surface area contributed by atoms with Crippen LogP contribution in [-0.4, -0.2) is 17.5 Å². The predicted molar refractivity (Wildman–Crippen MR) is 64.5 cm³/mol. The molecule has 1 aliphatic heterocycles. The van der Waals surface area contributed by atoms with Gasteiger partial charge in [-0.25, -0.2) is 4.39 Å². The Morgan fingerprint density at radius 1 is 1.44 bits per heavy atom. The van der Waals surface area contributed by atoms with Gasteiger partial charge >= 0.3 is 0 Å². The second-order valence-corrected chi connectivity index (χ2v) is 4.67. The summed E-state index contributed by atoms with van der Waals surface area (Å²) in [4.78, 5) is 2.41. The molecule has 0 aliphatic carbocycles. The van der Waals surface area contributed by atoms with Crippen molar-refractivity contribution in [2.24, 2.45) is 0 Å². The van der Waals surface area contributed by atoms with E-state index in [1.165, 1.54) is 19.3 Å². The number of piperidine rings is 1. The van der Waals surface area contributed by atoms with Crippen molar-refractivity contribution in [3.05, 3.63) is 29.6 Å². The van der Waals surface area contributed by atoms with E-state index in [1.54, 1.807) is 12.1 Å². The largest absolute Gasteiger partial charge is 0.396 e. The van der Waals surface area contributed by atoms with Crippen LogP contribution in [0.2, 0.25) is 0 Å². The second kappa shape index (κ2) is 4.83. The van der Waals surface area contributed by atoms with Crippen LogP contribution in [0.5, 0.6) is 0 Å². The van der Waals surface area contributed by atoms with Crippen molar-refractivity contribution in [1.82, 2.24) is 4.90 Å². The monoisotopic (exact) mass is 222 g/mol. The first kappa shape index (κ1) is 11.4. The summed E-state index contributed by atoms with van der Waals surface area (Å²) >= 11 is 0. The molecule has 2 rings (SSSR count). The normalized spacial score (nSPS) is 22.2. The molecule has 0 saturated carbocycles. The molecule has 1 heterocycles. The van der Waals surface area contributed by atoms with Crippen LogP contribution >= 0.6 is 0 Å². The van der Waals surface area contributed by atoms with Crippen molar-refractivity contribution >= 4 is 5.69 Å². The first-order chi connectivity index (χ1) is 7.66. The molecule has 0 aromatic heterocycles. The lowest BCUT2D eigenvalue weighted by Gasteiger charge is -2.33. The van der Waals surface area contributed by atoms with Crippen LogP contribution < -0.4 is 5.73 Å². The lowest BCUT2D eigenvalue weighted by atomic mass is 10.0. The van der Waals surface area contributed by atoms with Crippen LogP contribution in [0, 0.1) is 5.82 Å². The summed E-state index contributed by atoms with van der Waals surface area (Å²) in [7, 11) is 0. The third kappa shape index (κ3) is 2.53. The third-order valence-electron chi connectivity index (χ3n) is 3.39. The maximum atomic E-state index is 13.3. The van der Waals surface area contributed by atoms with E-state index in [1.807, 2.05) is 6.07 Å². The Morgan fingerprint density at radius 3 is 2.94 bits per heavy atom. The van der Waals surface area contributed by atoms with Gasteiger partial charge in [-0.3, -0.25) is 4.90 Å². The number of hydrogen-bond acceptors (Lipinski definition) is 2. The quantitative estimate of drug-likeness (QED) is 0.780. The molecule has 1 atom stereocenters. The molecule has 0 bridgehead atoms. The van der Waals surface area contributed by atoms with Gasteiger partial charge in [0.15, 0.2) is 0 Å². The summed E-state index contributed by atoms with van der Waals surface area (Å²) in [6.45, 7) is 4.19. The molecule has 1 saturated heterocycles. The summed E-state index contributed by atoms with van der Waals surface area (Å²) < 4.78 is 13.3. The van der Waals surface area contributed by atoms with Crippen molar-refractivity contribution in [2.75, 3.05) is 12.3 Å². The smallest absolute Gasteiger partial charge is 0.146 e. The van der Waals surface area contributed by atoms with Crippen molar-refractivity contribution in [3.63, 3.8) is 0 Å². The fourth-order valence-electron chi connectivity index (χ4n) is 2.30. The molecular formula is C13H19FN2. The molecule has 88 valence electrons. The number of nitrogens with two attached hydrogens (primary N) is 1. The number of hydrogen-bond donors (Lipinski definition) is 1. The summed E-state index contributed by atoms with van der Waals surface area (Å²) in [5, 5.41) is 0. The number of likely N-dealkylation sites (tertiary alicyclic amines) is 1. The third-order valence-corrected chi connectivity index (χ3v) is 3.39. The number of nitrogens with zero attached hydrogens (tertiary/aromatic N) is 1. The molecule has 1 fully saturated rings. The van der Waals surface area contributed by atoms with Crippen molar-refractivity contribution in [1.29, 1.82) is 0 Å². The highest BCUT2D eigenvalue weighted by Crippen LogP contribution is 2.20. The van der Waals surface area contributed by atoms with Gasteiger partial charge in [0.05, 0.1) is 5.69 Å². The van der Waals surface area contributed by atoms with Gasteiger partial charge in [-0.05, 0) is 44.0 Å². The minimum absolute atomic E-state index is 0.232. The van der Waals surface area contributed by atoms with E-state index in [4.69, 9.17) is 5.73 Å². The van der Waals surface area contributed by atoms with Crippen molar-refractivity contribution in [3.8, 4) is 0 Å². The molecule has 3 heteroatoms. The standard InChI is InChI=1S/C13H19FN2/c1-10-4-2-3-7-16(10)9-11-5-6-13(15)12(14)8-11/h5-6,8,10H,2-4,7,9,15H2,1H3. The molecule has 0 amide bonds. The lowest BCUT2D eigenvalue weighted by Crippen LogP contribution is -2.36.